The number of furan rings is 1. The lowest BCUT2D eigenvalue weighted by Crippen LogP contribution is -2.40. The van der Waals surface area contributed by atoms with Crippen molar-refractivity contribution in [2.75, 3.05) is 52.5 Å². The minimum Gasteiger partial charge on any atom is -0.469 e. The SMILES string of the molecule is I.c1coc(CCNC(=NCCCN2CCOCC2)NCCc2c[nH]c3ccccc23)c1. The second kappa shape index (κ2) is 13.5. The van der Waals surface area contributed by atoms with Gasteiger partial charge in [-0.05, 0) is 36.6 Å². The molecule has 1 aromatic carbocycles. The number of H-pyrrole nitrogens is 1. The first kappa shape index (κ1) is 24.6. The minimum absolute atomic E-state index is 0. The third-order valence-corrected chi connectivity index (χ3v) is 5.61. The third kappa shape index (κ3) is 7.53. The molecule has 0 bridgehead atoms. The number of aromatic amines is 1. The Morgan fingerprint density at radius 1 is 1.03 bits per heavy atom. The van der Waals surface area contributed by atoms with Crippen LogP contribution in [0.5, 0.6) is 0 Å². The Morgan fingerprint density at radius 2 is 1.84 bits per heavy atom. The number of halogens is 1. The number of hydrogen-bond donors (Lipinski definition) is 3. The number of aliphatic imine (C=N–C) groups is 1. The lowest BCUT2D eigenvalue weighted by molar-refractivity contribution is 0.0377. The van der Waals surface area contributed by atoms with E-state index in [-0.39, 0.29) is 24.0 Å². The van der Waals surface area contributed by atoms with Crippen LogP contribution in [-0.2, 0) is 17.6 Å². The quantitative estimate of drug-likeness (QED) is 0.156. The molecule has 174 valence electrons. The molecular formula is C24H34IN5O2. The zero-order chi connectivity index (χ0) is 21.1. The summed E-state index contributed by atoms with van der Waals surface area (Å²) in [5.74, 6) is 1.85. The fourth-order valence-electron chi connectivity index (χ4n) is 3.90. The van der Waals surface area contributed by atoms with Crippen molar-refractivity contribution in [2.24, 2.45) is 4.99 Å². The average Bonchev–Trinajstić information content (AvgIpc) is 3.47. The number of hydrogen-bond acceptors (Lipinski definition) is 4. The molecule has 3 N–H and O–H groups in total. The van der Waals surface area contributed by atoms with Gasteiger partial charge in [0.15, 0.2) is 5.96 Å². The summed E-state index contributed by atoms with van der Waals surface area (Å²) in [6, 6.07) is 12.4. The maximum atomic E-state index is 5.43. The van der Waals surface area contributed by atoms with Crippen molar-refractivity contribution >= 4 is 40.8 Å². The van der Waals surface area contributed by atoms with Gasteiger partial charge >= 0.3 is 0 Å². The second-order valence-corrected chi connectivity index (χ2v) is 7.83. The molecule has 3 aromatic rings. The Hall–Kier alpha value is -2.04. The molecule has 1 fully saturated rings. The van der Waals surface area contributed by atoms with Crippen LogP contribution in [0.4, 0.5) is 0 Å². The normalized spacial score (nSPS) is 14.9. The molecule has 3 heterocycles. The minimum atomic E-state index is 0. The van der Waals surface area contributed by atoms with E-state index in [4.69, 9.17) is 14.1 Å². The molecule has 2 aromatic heterocycles. The van der Waals surface area contributed by atoms with Gasteiger partial charge in [-0.15, -0.1) is 24.0 Å². The molecule has 0 amide bonds. The Labute approximate surface area is 207 Å². The molecule has 4 rings (SSSR count). The number of benzene rings is 1. The maximum Gasteiger partial charge on any atom is 0.191 e. The summed E-state index contributed by atoms with van der Waals surface area (Å²) in [5, 5.41) is 8.24. The first-order chi connectivity index (χ1) is 15.4. The van der Waals surface area contributed by atoms with E-state index in [1.807, 2.05) is 12.1 Å². The number of nitrogens with zero attached hydrogens (tertiary/aromatic N) is 2. The summed E-state index contributed by atoms with van der Waals surface area (Å²) in [5.41, 5.74) is 2.51. The van der Waals surface area contributed by atoms with E-state index in [9.17, 15) is 0 Å². The lowest BCUT2D eigenvalue weighted by Gasteiger charge is -2.26. The van der Waals surface area contributed by atoms with E-state index in [1.54, 1.807) is 6.26 Å². The van der Waals surface area contributed by atoms with Crippen LogP contribution in [0.2, 0.25) is 0 Å². The second-order valence-electron chi connectivity index (χ2n) is 7.83. The van der Waals surface area contributed by atoms with Crippen molar-refractivity contribution in [3.63, 3.8) is 0 Å². The summed E-state index contributed by atoms with van der Waals surface area (Å²) >= 11 is 0. The molecule has 1 aliphatic heterocycles. The van der Waals surface area contributed by atoms with Gasteiger partial charge in [0.05, 0.1) is 19.5 Å². The molecular weight excluding hydrogens is 517 g/mol. The summed E-state index contributed by atoms with van der Waals surface area (Å²) in [6.07, 6.45) is 6.65. The van der Waals surface area contributed by atoms with Crippen molar-refractivity contribution in [1.82, 2.24) is 20.5 Å². The van der Waals surface area contributed by atoms with Crippen LogP contribution in [0.25, 0.3) is 10.9 Å². The van der Waals surface area contributed by atoms with Crippen LogP contribution >= 0.6 is 24.0 Å². The van der Waals surface area contributed by atoms with Gasteiger partial charge in [0.25, 0.3) is 0 Å². The monoisotopic (exact) mass is 551 g/mol. The van der Waals surface area contributed by atoms with Crippen LogP contribution in [0, 0.1) is 0 Å². The van der Waals surface area contributed by atoms with Crippen molar-refractivity contribution in [3.8, 4) is 0 Å². The molecule has 1 saturated heterocycles. The fourth-order valence-corrected chi connectivity index (χ4v) is 3.90. The molecule has 0 radical (unpaired) electrons. The van der Waals surface area contributed by atoms with E-state index in [1.165, 1.54) is 16.5 Å². The number of guanidine groups is 1. The van der Waals surface area contributed by atoms with Gasteiger partial charge in [0, 0.05) is 62.8 Å². The first-order valence-electron chi connectivity index (χ1n) is 11.3. The van der Waals surface area contributed by atoms with E-state index in [0.717, 1.165) is 83.5 Å². The summed E-state index contributed by atoms with van der Waals surface area (Å²) in [6.45, 7) is 7.24. The van der Waals surface area contributed by atoms with Gasteiger partial charge in [-0.2, -0.15) is 0 Å². The molecule has 7 nitrogen and oxygen atoms in total. The highest BCUT2D eigenvalue weighted by molar-refractivity contribution is 14.0. The smallest absolute Gasteiger partial charge is 0.191 e. The molecule has 8 heteroatoms. The van der Waals surface area contributed by atoms with Crippen LogP contribution in [-0.4, -0.2) is 68.3 Å². The standard InChI is InChI=1S/C24H33N5O2.HI/c1-2-7-23-22(6-1)20(19-28-23)8-11-26-24(27-12-9-21-5-3-16-31-21)25-10-4-13-29-14-17-30-18-15-29;/h1-3,5-7,16,19,28H,4,8-15,17-18H2,(H2,25,26,27);1H. The van der Waals surface area contributed by atoms with Gasteiger partial charge in [-0.1, -0.05) is 18.2 Å². The van der Waals surface area contributed by atoms with Crippen molar-refractivity contribution < 1.29 is 9.15 Å². The summed E-state index contributed by atoms with van der Waals surface area (Å²) < 4.78 is 10.9. The predicted octanol–water partition coefficient (Wildman–Crippen LogP) is 3.42. The number of para-hydroxylation sites is 1. The molecule has 32 heavy (non-hydrogen) atoms. The van der Waals surface area contributed by atoms with Crippen LogP contribution in [0.3, 0.4) is 0 Å². The first-order valence-corrected chi connectivity index (χ1v) is 11.3. The van der Waals surface area contributed by atoms with Crippen molar-refractivity contribution in [1.29, 1.82) is 0 Å². The van der Waals surface area contributed by atoms with Gasteiger partial charge in [-0.25, -0.2) is 0 Å². The van der Waals surface area contributed by atoms with E-state index in [2.05, 4.69) is 51.0 Å². The number of rotatable bonds is 10. The Morgan fingerprint density at radius 3 is 2.66 bits per heavy atom. The van der Waals surface area contributed by atoms with Gasteiger partial charge in [-0.3, -0.25) is 9.89 Å². The van der Waals surface area contributed by atoms with Crippen molar-refractivity contribution in [3.05, 3.63) is 60.2 Å². The lowest BCUT2D eigenvalue weighted by atomic mass is 10.1. The molecule has 0 atom stereocenters. The zero-order valence-electron chi connectivity index (χ0n) is 18.5. The maximum absolute atomic E-state index is 5.43. The third-order valence-electron chi connectivity index (χ3n) is 5.61. The molecule has 0 saturated carbocycles. The van der Waals surface area contributed by atoms with Crippen LogP contribution < -0.4 is 10.6 Å². The molecule has 0 unspecified atom stereocenters. The number of aromatic nitrogens is 1. The number of fused-ring (bicyclic) bond motifs is 1. The van der Waals surface area contributed by atoms with Gasteiger partial charge < -0.3 is 24.8 Å². The fraction of sp³-hybridized carbons (Fsp3) is 0.458. The molecule has 0 spiro atoms. The van der Waals surface area contributed by atoms with Gasteiger partial charge in [0.2, 0.25) is 0 Å². The zero-order valence-corrected chi connectivity index (χ0v) is 20.8. The number of morpholine rings is 1. The Bertz CT molecular complexity index is 935. The largest absolute Gasteiger partial charge is 0.469 e. The average molecular weight is 551 g/mol. The highest BCUT2D eigenvalue weighted by atomic mass is 127. The predicted molar refractivity (Wildman–Crippen MR) is 140 cm³/mol. The molecule has 1 aliphatic rings. The number of ether oxygens (including phenoxy) is 1. The van der Waals surface area contributed by atoms with Crippen LogP contribution in [0.15, 0.2) is 58.3 Å². The Kier molecular flexibility index (Phi) is 10.4. The summed E-state index contributed by atoms with van der Waals surface area (Å²) in [7, 11) is 0. The van der Waals surface area contributed by atoms with E-state index >= 15 is 0 Å². The van der Waals surface area contributed by atoms with Gasteiger partial charge in [0.1, 0.15) is 5.76 Å². The van der Waals surface area contributed by atoms with E-state index in [0.29, 0.717) is 0 Å². The Balaban J connectivity index is 0.00000289. The molecule has 0 aliphatic carbocycles. The van der Waals surface area contributed by atoms with E-state index < -0.39 is 0 Å². The van der Waals surface area contributed by atoms with Crippen molar-refractivity contribution in [2.45, 2.75) is 19.3 Å². The topological polar surface area (TPSA) is 77.8 Å². The van der Waals surface area contributed by atoms with Crippen LogP contribution in [0.1, 0.15) is 17.7 Å². The summed E-state index contributed by atoms with van der Waals surface area (Å²) in [4.78, 5) is 10.6. The highest BCUT2D eigenvalue weighted by Crippen LogP contribution is 2.17. The highest BCUT2D eigenvalue weighted by Gasteiger charge is 2.09. The number of nitrogens with one attached hydrogen (secondary N) is 3.